The molecule has 134 valence electrons. The van der Waals surface area contributed by atoms with Gasteiger partial charge in [-0.1, -0.05) is 23.9 Å². The molecule has 0 aliphatic carbocycles. The first-order chi connectivity index (χ1) is 11.6. The molecule has 0 unspecified atom stereocenters. The molecule has 0 atom stereocenters. The zero-order valence-electron chi connectivity index (χ0n) is 12.7. The topological polar surface area (TPSA) is 83.5 Å². The number of halogens is 3. The quantitative estimate of drug-likeness (QED) is 0.816. The summed E-state index contributed by atoms with van der Waals surface area (Å²) in [5.41, 5.74) is -1.17. The van der Waals surface area contributed by atoms with E-state index in [4.69, 9.17) is 0 Å². The molecular formula is C15H12F3NO4S2. The molecule has 2 aromatic carbocycles. The van der Waals surface area contributed by atoms with Crippen LogP contribution in [0.15, 0.2) is 57.2 Å². The lowest BCUT2D eigenvalue weighted by Crippen LogP contribution is -2.20. The fraction of sp³-hybridized carbons (Fsp3) is 0.133. The second-order valence-corrected chi connectivity index (χ2v) is 7.71. The number of hydrogen-bond acceptors (Lipinski definition) is 4. The maximum absolute atomic E-state index is 13.0. The molecule has 0 bridgehead atoms. The molecule has 0 aliphatic heterocycles. The number of hydrogen-bond donors (Lipinski definition) is 2. The normalized spacial score (nSPS) is 12.2. The van der Waals surface area contributed by atoms with Crippen molar-refractivity contribution in [1.82, 2.24) is 4.72 Å². The van der Waals surface area contributed by atoms with Crippen molar-refractivity contribution in [2.24, 2.45) is 0 Å². The predicted octanol–water partition coefficient (Wildman–Crippen LogP) is 3.46. The lowest BCUT2D eigenvalue weighted by molar-refractivity contribution is -0.137. The highest BCUT2D eigenvalue weighted by Gasteiger charge is 2.32. The number of carboxylic acid groups (broad SMARTS) is 1. The Morgan fingerprint density at radius 3 is 2.32 bits per heavy atom. The number of alkyl halides is 3. The standard InChI is InChI=1S/C15H12F3NO4S2/c1-19-25(22,23)13-7-6-9(15(16,17)18)8-12(13)24-11-5-3-2-4-10(11)14(20)21/h2-8,19H,1H3,(H,20,21). The van der Waals surface area contributed by atoms with Crippen LogP contribution < -0.4 is 4.72 Å². The molecule has 0 saturated heterocycles. The van der Waals surface area contributed by atoms with Crippen molar-refractivity contribution in [2.45, 2.75) is 20.9 Å². The summed E-state index contributed by atoms with van der Waals surface area (Å²) in [6.07, 6.45) is -4.66. The van der Waals surface area contributed by atoms with Crippen molar-refractivity contribution in [2.75, 3.05) is 7.05 Å². The van der Waals surface area contributed by atoms with Crippen LogP contribution in [0.4, 0.5) is 13.2 Å². The van der Waals surface area contributed by atoms with Gasteiger partial charge < -0.3 is 5.11 Å². The predicted molar refractivity (Wildman–Crippen MR) is 85.2 cm³/mol. The number of carbonyl (C=O) groups is 1. The highest BCUT2D eigenvalue weighted by Crippen LogP contribution is 2.39. The van der Waals surface area contributed by atoms with Gasteiger partial charge in [0.1, 0.15) is 0 Å². The third-order valence-corrected chi connectivity index (χ3v) is 5.90. The largest absolute Gasteiger partial charge is 0.478 e. The Morgan fingerprint density at radius 1 is 1.12 bits per heavy atom. The van der Waals surface area contributed by atoms with Gasteiger partial charge in [-0.05, 0) is 37.4 Å². The van der Waals surface area contributed by atoms with Gasteiger partial charge in [-0.25, -0.2) is 17.9 Å². The van der Waals surface area contributed by atoms with E-state index in [0.29, 0.717) is 23.9 Å². The van der Waals surface area contributed by atoms with Crippen LogP contribution in [0.5, 0.6) is 0 Å². The SMILES string of the molecule is CNS(=O)(=O)c1ccc(C(F)(F)F)cc1Sc1ccccc1C(=O)O. The zero-order chi connectivity index (χ0) is 18.8. The average Bonchev–Trinajstić information content (AvgIpc) is 2.54. The molecule has 0 radical (unpaired) electrons. The van der Waals surface area contributed by atoms with Crippen LogP contribution in [0.2, 0.25) is 0 Å². The van der Waals surface area contributed by atoms with Crippen molar-refractivity contribution >= 4 is 27.8 Å². The maximum atomic E-state index is 13.0. The van der Waals surface area contributed by atoms with Gasteiger partial charge in [0, 0.05) is 9.79 Å². The number of aromatic carboxylic acids is 1. The Hall–Kier alpha value is -2.04. The zero-order valence-corrected chi connectivity index (χ0v) is 14.3. The Balaban J connectivity index is 2.64. The van der Waals surface area contributed by atoms with Gasteiger partial charge >= 0.3 is 12.1 Å². The van der Waals surface area contributed by atoms with Crippen LogP contribution in [0.25, 0.3) is 0 Å². The smallest absolute Gasteiger partial charge is 0.416 e. The third kappa shape index (κ3) is 4.33. The molecule has 0 aromatic heterocycles. The summed E-state index contributed by atoms with van der Waals surface area (Å²) in [7, 11) is -2.90. The highest BCUT2D eigenvalue weighted by molar-refractivity contribution is 8.00. The molecular weight excluding hydrogens is 379 g/mol. The summed E-state index contributed by atoms with van der Waals surface area (Å²) in [5.74, 6) is -1.27. The first kappa shape index (κ1) is 19.3. The van der Waals surface area contributed by atoms with Crippen LogP contribution in [0, 0.1) is 0 Å². The van der Waals surface area contributed by atoms with Gasteiger partial charge in [-0.3, -0.25) is 0 Å². The lowest BCUT2D eigenvalue weighted by atomic mass is 10.2. The van der Waals surface area contributed by atoms with E-state index in [1.54, 1.807) is 0 Å². The molecule has 2 rings (SSSR count). The Labute approximate surface area is 145 Å². The van der Waals surface area contributed by atoms with Gasteiger partial charge in [0.2, 0.25) is 10.0 Å². The number of rotatable bonds is 5. The highest BCUT2D eigenvalue weighted by atomic mass is 32.2. The number of sulfonamides is 1. The summed E-state index contributed by atoms with van der Waals surface area (Å²) in [5, 5.41) is 9.18. The minimum atomic E-state index is -4.66. The number of carboxylic acids is 1. The molecule has 0 amide bonds. The molecule has 10 heteroatoms. The summed E-state index contributed by atoms with van der Waals surface area (Å²) < 4.78 is 65.0. The van der Waals surface area contributed by atoms with Crippen LogP contribution in [-0.4, -0.2) is 26.5 Å². The molecule has 0 fully saturated rings. The van der Waals surface area contributed by atoms with E-state index in [0.717, 1.165) is 13.1 Å². The van der Waals surface area contributed by atoms with E-state index in [9.17, 15) is 31.5 Å². The van der Waals surface area contributed by atoms with Crippen molar-refractivity contribution in [3.05, 3.63) is 53.6 Å². The molecule has 0 aliphatic rings. The van der Waals surface area contributed by atoms with E-state index >= 15 is 0 Å². The molecule has 0 heterocycles. The minimum absolute atomic E-state index is 0.127. The van der Waals surface area contributed by atoms with Crippen LogP contribution in [-0.2, 0) is 16.2 Å². The van der Waals surface area contributed by atoms with E-state index in [2.05, 4.69) is 0 Å². The number of benzene rings is 2. The molecule has 0 saturated carbocycles. The summed E-state index contributed by atoms with van der Waals surface area (Å²) in [6, 6.07) is 7.85. The summed E-state index contributed by atoms with van der Waals surface area (Å²) in [4.78, 5) is 10.8. The van der Waals surface area contributed by atoms with Crippen LogP contribution >= 0.6 is 11.8 Å². The maximum Gasteiger partial charge on any atom is 0.416 e. The second kappa shape index (κ2) is 7.06. The Kier molecular flexibility index (Phi) is 5.45. The molecule has 2 aromatic rings. The Morgan fingerprint density at radius 2 is 1.76 bits per heavy atom. The molecule has 0 spiro atoms. The van der Waals surface area contributed by atoms with Crippen LogP contribution in [0.3, 0.4) is 0 Å². The number of nitrogens with one attached hydrogen (secondary N) is 1. The van der Waals surface area contributed by atoms with E-state index in [-0.39, 0.29) is 20.2 Å². The molecule has 5 nitrogen and oxygen atoms in total. The van der Waals surface area contributed by atoms with Gasteiger partial charge in [0.05, 0.1) is 16.0 Å². The van der Waals surface area contributed by atoms with Gasteiger partial charge in [0.15, 0.2) is 0 Å². The molecule has 2 N–H and O–H groups in total. The van der Waals surface area contributed by atoms with E-state index < -0.39 is 27.7 Å². The van der Waals surface area contributed by atoms with Crippen molar-refractivity contribution in [3.63, 3.8) is 0 Å². The Bertz CT molecular complexity index is 911. The molecule has 25 heavy (non-hydrogen) atoms. The fourth-order valence-electron chi connectivity index (χ4n) is 1.95. The summed E-state index contributed by atoms with van der Waals surface area (Å²) in [6.45, 7) is 0. The van der Waals surface area contributed by atoms with E-state index in [1.165, 1.54) is 24.3 Å². The second-order valence-electron chi connectivity index (χ2n) is 4.77. The summed E-state index contributed by atoms with van der Waals surface area (Å²) >= 11 is 0.642. The minimum Gasteiger partial charge on any atom is -0.478 e. The van der Waals surface area contributed by atoms with Crippen molar-refractivity contribution in [3.8, 4) is 0 Å². The van der Waals surface area contributed by atoms with Crippen LogP contribution in [0.1, 0.15) is 15.9 Å². The monoisotopic (exact) mass is 391 g/mol. The third-order valence-electron chi connectivity index (χ3n) is 3.17. The lowest BCUT2D eigenvalue weighted by Gasteiger charge is -2.14. The van der Waals surface area contributed by atoms with Crippen molar-refractivity contribution in [1.29, 1.82) is 0 Å². The van der Waals surface area contributed by atoms with Gasteiger partial charge in [0.25, 0.3) is 0 Å². The van der Waals surface area contributed by atoms with Crippen molar-refractivity contribution < 1.29 is 31.5 Å². The fourth-order valence-corrected chi connectivity index (χ4v) is 4.20. The van der Waals surface area contributed by atoms with Gasteiger partial charge in [-0.15, -0.1) is 0 Å². The first-order valence-electron chi connectivity index (χ1n) is 6.71. The van der Waals surface area contributed by atoms with E-state index in [1.807, 2.05) is 4.72 Å². The first-order valence-corrected chi connectivity index (χ1v) is 9.01. The van der Waals surface area contributed by atoms with Gasteiger partial charge in [-0.2, -0.15) is 13.2 Å². The average molecular weight is 391 g/mol.